The van der Waals surface area contributed by atoms with E-state index in [1.165, 1.54) is 11.9 Å². The molecule has 0 fully saturated rings. The van der Waals surface area contributed by atoms with Gasteiger partial charge in [-0.15, -0.1) is 0 Å². The van der Waals surface area contributed by atoms with Gasteiger partial charge in [-0.05, 0) is 5.56 Å². The molecule has 0 aliphatic carbocycles. The number of aromatic nitrogens is 4. The Morgan fingerprint density at radius 1 is 1.15 bits per heavy atom. The summed E-state index contributed by atoms with van der Waals surface area (Å²) in [6.45, 7) is 2.71. The van der Waals surface area contributed by atoms with Gasteiger partial charge in [0.15, 0.2) is 5.65 Å². The Hall–Kier alpha value is -2.27. The van der Waals surface area contributed by atoms with Crippen LogP contribution < -0.4 is 0 Å². The van der Waals surface area contributed by atoms with Crippen LogP contribution in [0.4, 0.5) is 0 Å². The zero-order valence-electron chi connectivity index (χ0n) is 11.3. The van der Waals surface area contributed by atoms with Crippen molar-refractivity contribution in [2.45, 2.75) is 19.4 Å². The predicted octanol–water partition coefficient (Wildman–Crippen LogP) is 1.97. The average Bonchev–Trinajstić information content (AvgIpc) is 2.91. The summed E-state index contributed by atoms with van der Waals surface area (Å²) >= 11 is 0. The van der Waals surface area contributed by atoms with Crippen molar-refractivity contribution in [2.24, 2.45) is 0 Å². The molecule has 20 heavy (non-hydrogen) atoms. The molecule has 0 amide bonds. The molecule has 1 atom stereocenters. The summed E-state index contributed by atoms with van der Waals surface area (Å²) in [7, 11) is 0. The highest BCUT2D eigenvalue weighted by Gasteiger charge is 2.14. The van der Waals surface area contributed by atoms with E-state index in [1.54, 1.807) is 6.33 Å². The Morgan fingerprint density at radius 3 is 2.70 bits per heavy atom. The molecule has 0 bridgehead atoms. The first kappa shape index (κ1) is 12.7. The number of aliphatic hydroxyl groups excluding tert-OH is 1. The fraction of sp³-hybridized carbons (Fsp3) is 0.267. The smallest absolute Gasteiger partial charge is 0.163 e. The van der Waals surface area contributed by atoms with Gasteiger partial charge in [0.25, 0.3) is 0 Å². The second kappa shape index (κ2) is 5.38. The topological polar surface area (TPSA) is 63.8 Å². The van der Waals surface area contributed by atoms with Gasteiger partial charge in [0.2, 0.25) is 0 Å². The summed E-state index contributed by atoms with van der Waals surface area (Å²) in [6.07, 6.45) is 3.31. The number of aliphatic hydroxyl groups is 1. The molecule has 3 aromatic rings. The molecule has 2 aromatic heterocycles. The fourth-order valence-electron chi connectivity index (χ4n) is 2.24. The van der Waals surface area contributed by atoms with E-state index in [1.807, 2.05) is 29.7 Å². The van der Waals surface area contributed by atoms with E-state index >= 15 is 0 Å². The first-order chi connectivity index (χ1) is 9.79. The van der Waals surface area contributed by atoms with E-state index in [0.717, 1.165) is 23.4 Å². The predicted molar refractivity (Wildman–Crippen MR) is 76.4 cm³/mol. The number of benzene rings is 1. The normalized spacial score (nSPS) is 12.7. The van der Waals surface area contributed by atoms with E-state index in [4.69, 9.17) is 0 Å². The summed E-state index contributed by atoms with van der Waals surface area (Å²) in [5, 5.41) is 9.29. The summed E-state index contributed by atoms with van der Waals surface area (Å²) in [4.78, 5) is 13.0. The van der Waals surface area contributed by atoms with Gasteiger partial charge in [-0.3, -0.25) is 0 Å². The van der Waals surface area contributed by atoms with Crippen molar-refractivity contribution in [3.8, 4) is 0 Å². The molecular formula is C15H16N4O. The van der Waals surface area contributed by atoms with Crippen LogP contribution in [0.2, 0.25) is 0 Å². The van der Waals surface area contributed by atoms with Crippen molar-refractivity contribution in [1.29, 1.82) is 0 Å². The summed E-state index contributed by atoms with van der Waals surface area (Å²) in [5.74, 6) is -0.0411. The summed E-state index contributed by atoms with van der Waals surface area (Å²) in [6, 6.07) is 10.2. The van der Waals surface area contributed by atoms with Crippen LogP contribution in [-0.2, 0) is 6.54 Å². The summed E-state index contributed by atoms with van der Waals surface area (Å²) in [5.41, 5.74) is 3.57. The second-order valence-corrected chi connectivity index (χ2v) is 4.87. The minimum absolute atomic E-state index is 0.0411. The third kappa shape index (κ3) is 2.28. The van der Waals surface area contributed by atoms with Gasteiger partial charge in [0.1, 0.15) is 11.8 Å². The van der Waals surface area contributed by atoms with Crippen LogP contribution in [0.3, 0.4) is 0 Å². The van der Waals surface area contributed by atoms with Gasteiger partial charge in [-0.2, -0.15) is 0 Å². The molecule has 0 saturated carbocycles. The van der Waals surface area contributed by atoms with Crippen LogP contribution in [-0.4, -0.2) is 31.2 Å². The number of imidazole rings is 1. The van der Waals surface area contributed by atoms with Crippen molar-refractivity contribution in [3.05, 3.63) is 54.2 Å². The van der Waals surface area contributed by atoms with Crippen LogP contribution in [0.25, 0.3) is 11.2 Å². The number of hydrogen-bond acceptors (Lipinski definition) is 4. The molecule has 1 N–H and O–H groups in total. The van der Waals surface area contributed by atoms with Crippen molar-refractivity contribution < 1.29 is 5.11 Å². The van der Waals surface area contributed by atoms with Gasteiger partial charge in [-0.1, -0.05) is 37.3 Å². The molecule has 5 heteroatoms. The number of nitrogens with zero attached hydrogens (tertiary/aromatic N) is 4. The molecule has 2 heterocycles. The third-order valence-corrected chi connectivity index (χ3v) is 3.37. The molecule has 0 radical (unpaired) electrons. The largest absolute Gasteiger partial charge is 0.396 e. The van der Waals surface area contributed by atoms with E-state index in [2.05, 4.69) is 27.1 Å². The van der Waals surface area contributed by atoms with Crippen molar-refractivity contribution in [3.63, 3.8) is 0 Å². The van der Waals surface area contributed by atoms with Crippen LogP contribution in [0, 0.1) is 0 Å². The standard InChI is InChI=1S/C15H16N4O/c1-11(8-20)13-14-15(17-9-16-13)19(10-18-14)7-12-5-3-2-4-6-12/h2-6,9-11,20H,7-8H2,1H3. The Kier molecular flexibility index (Phi) is 3.43. The second-order valence-electron chi connectivity index (χ2n) is 4.87. The molecule has 5 nitrogen and oxygen atoms in total. The lowest BCUT2D eigenvalue weighted by Gasteiger charge is -2.08. The van der Waals surface area contributed by atoms with Crippen molar-refractivity contribution in [2.75, 3.05) is 6.61 Å². The Balaban J connectivity index is 2.02. The van der Waals surface area contributed by atoms with Crippen LogP contribution >= 0.6 is 0 Å². The zero-order chi connectivity index (χ0) is 13.9. The first-order valence-electron chi connectivity index (χ1n) is 6.60. The number of hydrogen-bond donors (Lipinski definition) is 1. The van der Waals surface area contributed by atoms with E-state index < -0.39 is 0 Å². The maximum absolute atomic E-state index is 9.29. The van der Waals surface area contributed by atoms with Crippen LogP contribution in [0.15, 0.2) is 43.0 Å². The maximum atomic E-state index is 9.29. The third-order valence-electron chi connectivity index (χ3n) is 3.37. The Bertz CT molecular complexity index is 708. The molecule has 0 spiro atoms. The molecule has 0 aliphatic heterocycles. The van der Waals surface area contributed by atoms with Gasteiger partial charge in [-0.25, -0.2) is 15.0 Å². The molecule has 1 unspecified atom stereocenters. The van der Waals surface area contributed by atoms with Gasteiger partial charge < -0.3 is 9.67 Å². The Labute approximate surface area is 117 Å². The summed E-state index contributed by atoms with van der Waals surface area (Å²) < 4.78 is 2.00. The average molecular weight is 268 g/mol. The molecular weight excluding hydrogens is 252 g/mol. The highest BCUT2D eigenvalue weighted by Crippen LogP contribution is 2.20. The minimum Gasteiger partial charge on any atom is -0.396 e. The lowest BCUT2D eigenvalue weighted by atomic mass is 10.1. The van der Waals surface area contributed by atoms with Crippen molar-refractivity contribution >= 4 is 11.2 Å². The quantitative estimate of drug-likeness (QED) is 0.785. The maximum Gasteiger partial charge on any atom is 0.163 e. The first-order valence-corrected chi connectivity index (χ1v) is 6.60. The Morgan fingerprint density at radius 2 is 1.95 bits per heavy atom. The van der Waals surface area contributed by atoms with Crippen LogP contribution in [0.5, 0.6) is 0 Å². The molecule has 3 rings (SSSR count). The zero-order valence-corrected chi connectivity index (χ0v) is 11.3. The van der Waals surface area contributed by atoms with E-state index in [9.17, 15) is 5.11 Å². The number of fused-ring (bicyclic) bond motifs is 1. The van der Waals surface area contributed by atoms with Gasteiger partial charge in [0, 0.05) is 5.92 Å². The van der Waals surface area contributed by atoms with Crippen LogP contribution in [0.1, 0.15) is 24.1 Å². The number of rotatable bonds is 4. The lowest BCUT2D eigenvalue weighted by molar-refractivity contribution is 0.271. The van der Waals surface area contributed by atoms with Gasteiger partial charge >= 0.3 is 0 Å². The molecule has 1 aromatic carbocycles. The highest BCUT2D eigenvalue weighted by molar-refractivity contribution is 5.73. The van der Waals surface area contributed by atoms with Gasteiger partial charge in [0.05, 0.1) is 25.2 Å². The van der Waals surface area contributed by atoms with Crippen molar-refractivity contribution in [1.82, 2.24) is 19.5 Å². The highest BCUT2D eigenvalue weighted by atomic mass is 16.3. The van der Waals surface area contributed by atoms with E-state index in [-0.39, 0.29) is 12.5 Å². The lowest BCUT2D eigenvalue weighted by Crippen LogP contribution is -2.05. The molecule has 102 valence electrons. The SMILES string of the molecule is CC(CO)c1ncnc2c1ncn2Cc1ccccc1. The monoisotopic (exact) mass is 268 g/mol. The molecule has 0 saturated heterocycles. The molecule has 0 aliphatic rings. The minimum atomic E-state index is -0.0411. The fourth-order valence-corrected chi connectivity index (χ4v) is 2.24. The van der Waals surface area contributed by atoms with E-state index in [0.29, 0.717) is 0 Å².